The maximum Gasteiger partial charge on any atom is 0.274 e. The summed E-state index contributed by atoms with van der Waals surface area (Å²) in [5, 5.41) is 14.1. The van der Waals surface area contributed by atoms with E-state index >= 15 is 4.39 Å². The Morgan fingerprint density at radius 2 is 1.46 bits per heavy atom. The highest BCUT2D eigenvalue weighted by atomic mass is 19.1. The molecule has 0 saturated carbocycles. The first kappa shape index (κ1) is 47.1. The van der Waals surface area contributed by atoms with Gasteiger partial charge in [-0.2, -0.15) is 5.10 Å². The fourth-order valence-corrected chi connectivity index (χ4v) is 9.28. The van der Waals surface area contributed by atoms with E-state index in [1.165, 1.54) is 11.6 Å². The van der Waals surface area contributed by atoms with Gasteiger partial charge in [-0.3, -0.25) is 28.9 Å². The maximum absolute atomic E-state index is 15.1. The third-order valence-electron chi connectivity index (χ3n) is 13.3. The van der Waals surface area contributed by atoms with Crippen molar-refractivity contribution in [1.82, 2.24) is 45.0 Å². The minimum absolute atomic E-state index is 0.0242. The summed E-state index contributed by atoms with van der Waals surface area (Å²) in [4.78, 5) is 80.7. The molecule has 0 spiro atoms. The molecule has 2 aromatic heterocycles. The number of pyridine rings is 1. The second-order valence-electron chi connectivity index (χ2n) is 18.3. The molecular formula is C51H61FN10O5. The Hall–Kier alpha value is -6.36. The van der Waals surface area contributed by atoms with Gasteiger partial charge >= 0.3 is 0 Å². The normalized spacial score (nSPS) is 16.5. The zero-order valence-corrected chi connectivity index (χ0v) is 38.7. The van der Waals surface area contributed by atoms with Crippen molar-refractivity contribution >= 4 is 40.1 Å². The molecule has 3 aromatic carbocycles. The summed E-state index contributed by atoms with van der Waals surface area (Å²) in [6.07, 6.45) is 4.65. The third kappa shape index (κ3) is 11.6. The topological polar surface area (TPSA) is 167 Å². The molecule has 0 aliphatic carbocycles. The quantitative estimate of drug-likeness (QED) is 0.143. The van der Waals surface area contributed by atoms with Gasteiger partial charge in [0.05, 0.1) is 35.4 Å². The molecule has 0 unspecified atom stereocenters. The number of carbonyl (C=O) groups excluding carboxylic acids is 4. The zero-order chi connectivity index (χ0) is 47.0. The van der Waals surface area contributed by atoms with Gasteiger partial charge in [0.15, 0.2) is 5.69 Å². The maximum atomic E-state index is 15.1. The third-order valence-corrected chi connectivity index (χ3v) is 13.3. The van der Waals surface area contributed by atoms with Gasteiger partial charge in [0.25, 0.3) is 17.4 Å². The van der Waals surface area contributed by atoms with Crippen LogP contribution in [-0.4, -0.2) is 154 Å². The molecule has 3 aliphatic rings. The molecule has 3 N–H and O–H groups in total. The lowest BCUT2D eigenvalue weighted by molar-refractivity contribution is -0.134. The number of piperazine rings is 2. The molecule has 16 heteroatoms. The number of rotatable bonds is 14. The highest BCUT2D eigenvalue weighted by Gasteiger charge is 2.31. The average Bonchev–Trinajstić information content (AvgIpc) is 3.35. The van der Waals surface area contributed by atoms with Crippen LogP contribution < -0.4 is 16.2 Å². The standard InChI is InChI=1S/C51H61FN10O5/c1-4-35-8-7-9-38(26-35)39-29-45(55-46(63)31-53-34(2)3)48(54-30-39)51(67)61-16-14-36(15-17-61)32-58-18-20-59(21-19-58)33-47(64)60-22-24-62(25-23-60)50(66)42-27-37(12-13-43(42)52)28-44-40-10-5-6-11-41(40)49(65)57-56-44/h5-13,26-27,29-30,34,36,53H,4,14-25,28,31-33H2,1-3H3,(H,55,63)(H,57,65). The Morgan fingerprint density at radius 3 is 2.19 bits per heavy atom. The first-order valence-corrected chi connectivity index (χ1v) is 23.6. The number of aromatic amines is 1. The van der Waals surface area contributed by atoms with E-state index in [1.54, 1.807) is 40.3 Å². The number of nitrogens with zero attached hydrogens (tertiary/aromatic N) is 7. The van der Waals surface area contributed by atoms with Crippen LogP contribution in [-0.2, 0) is 22.4 Å². The fourth-order valence-electron chi connectivity index (χ4n) is 9.28. The predicted octanol–water partition coefficient (Wildman–Crippen LogP) is 4.67. The van der Waals surface area contributed by atoms with Crippen molar-refractivity contribution in [3.63, 3.8) is 0 Å². The Kier molecular flexibility index (Phi) is 15.1. The van der Waals surface area contributed by atoms with E-state index in [1.807, 2.05) is 49.1 Å². The first-order valence-electron chi connectivity index (χ1n) is 23.6. The Bertz CT molecular complexity index is 2650. The lowest BCUT2D eigenvalue weighted by atomic mass is 9.95. The molecule has 15 nitrogen and oxygen atoms in total. The number of piperidine rings is 1. The van der Waals surface area contributed by atoms with Crippen LogP contribution in [0.2, 0.25) is 0 Å². The van der Waals surface area contributed by atoms with Crippen LogP contribution in [0.5, 0.6) is 0 Å². The number of benzene rings is 3. The minimum atomic E-state index is -0.609. The number of nitrogens with one attached hydrogen (secondary N) is 3. The summed E-state index contributed by atoms with van der Waals surface area (Å²) in [7, 11) is 0. The number of fused-ring (bicyclic) bond motifs is 1. The summed E-state index contributed by atoms with van der Waals surface area (Å²) in [5.41, 5.74) is 4.67. The van der Waals surface area contributed by atoms with Gasteiger partial charge in [-0.05, 0) is 66.1 Å². The van der Waals surface area contributed by atoms with Gasteiger partial charge in [-0.1, -0.05) is 69.3 Å². The van der Waals surface area contributed by atoms with E-state index in [9.17, 15) is 24.0 Å². The van der Waals surface area contributed by atoms with Crippen LogP contribution in [0.15, 0.2) is 83.8 Å². The van der Waals surface area contributed by atoms with Gasteiger partial charge in [0.1, 0.15) is 5.82 Å². The van der Waals surface area contributed by atoms with E-state index < -0.39 is 11.7 Å². The van der Waals surface area contributed by atoms with Crippen LogP contribution in [0.25, 0.3) is 21.9 Å². The molecule has 0 bridgehead atoms. The Morgan fingerprint density at radius 1 is 0.761 bits per heavy atom. The smallest absolute Gasteiger partial charge is 0.274 e. The molecule has 3 saturated heterocycles. The number of halogens is 1. The molecular weight excluding hydrogens is 852 g/mol. The largest absolute Gasteiger partial charge is 0.338 e. The number of H-pyrrole nitrogens is 1. The van der Waals surface area contributed by atoms with Gasteiger partial charge in [-0.25, -0.2) is 14.5 Å². The number of aryl methyl sites for hydroxylation is 1. The van der Waals surface area contributed by atoms with Crippen molar-refractivity contribution in [2.45, 2.75) is 52.5 Å². The van der Waals surface area contributed by atoms with Crippen LogP contribution in [0.3, 0.4) is 0 Å². The molecule has 5 aromatic rings. The molecule has 67 heavy (non-hydrogen) atoms. The average molecular weight is 913 g/mol. The van der Waals surface area contributed by atoms with Crippen molar-refractivity contribution in [2.24, 2.45) is 5.92 Å². The predicted molar refractivity (Wildman–Crippen MR) is 256 cm³/mol. The van der Waals surface area contributed by atoms with E-state index in [0.29, 0.717) is 85.9 Å². The van der Waals surface area contributed by atoms with Crippen molar-refractivity contribution in [3.8, 4) is 11.1 Å². The first-order chi connectivity index (χ1) is 32.4. The second-order valence-corrected chi connectivity index (χ2v) is 18.3. The summed E-state index contributed by atoms with van der Waals surface area (Å²) in [5.74, 6) is -0.982. The number of aromatic nitrogens is 3. The van der Waals surface area contributed by atoms with Crippen LogP contribution in [0.4, 0.5) is 10.1 Å². The van der Waals surface area contributed by atoms with Crippen molar-refractivity contribution < 1.29 is 23.6 Å². The van der Waals surface area contributed by atoms with Gasteiger partial charge in [-0.15, -0.1) is 0 Å². The number of amides is 4. The number of carbonyl (C=O) groups is 4. The van der Waals surface area contributed by atoms with Crippen LogP contribution in [0, 0.1) is 11.7 Å². The molecule has 0 radical (unpaired) electrons. The van der Waals surface area contributed by atoms with E-state index in [-0.39, 0.29) is 47.1 Å². The van der Waals surface area contributed by atoms with Crippen molar-refractivity contribution in [2.75, 3.05) is 90.4 Å². The molecule has 4 amide bonds. The van der Waals surface area contributed by atoms with Crippen molar-refractivity contribution in [3.05, 3.63) is 123 Å². The Balaban J connectivity index is 0.779. The molecule has 0 atom stereocenters. The number of hydrogen-bond donors (Lipinski definition) is 3. The SMILES string of the molecule is CCc1cccc(-c2cnc(C(=O)N3CCC(CN4CCN(CC(=O)N5CCN(C(=O)c6cc(Cc7n[nH]c(=O)c8ccccc78)ccc6F)CC5)CC4)CC3)c(NC(=O)CNC(C)C)c2)c1. The summed E-state index contributed by atoms with van der Waals surface area (Å²) in [6.45, 7) is 13.2. The molecule has 5 heterocycles. The van der Waals surface area contributed by atoms with Gasteiger partial charge in [0, 0.05) is 102 Å². The van der Waals surface area contributed by atoms with E-state index in [4.69, 9.17) is 0 Å². The second kappa shape index (κ2) is 21.5. The number of hydrogen-bond acceptors (Lipinski definition) is 10. The molecule has 8 rings (SSSR count). The lowest BCUT2D eigenvalue weighted by Crippen LogP contribution is -2.55. The molecule has 3 aliphatic heterocycles. The van der Waals surface area contributed by atoms with Crippen LogP contribution >= 0.6 is 0 Å². The van der Waals surface area contributed by atoms with Gasteiger partial charge in [0.2, 0.25) is 11.8 Å². The summed E-state index contributed by atoms with van der Waals surface area (Å²) >= 11 is 0. The minimum Gasteiger partial charge on any atom is -0.338 e. The number of likely N-dealkylation sites (tertiary alicyclic amines) is 1. The highest BCUT2D eigenvalue weighted by Crippen LogP contribution is 2.28. The lowest BCUT2D eigenvalue weighted by Gasteiger charge is -2.40. The molecule has 3 fully saturated rings. The number of anilines is 1. The zero-order valence-electron chi connectivity index (χ0n) is 38.7. The fraction of sp³-hybridized carbons (Fsp3) is 0.431. The Labute approximate surface area is 390 Å². The molecule has 352 valence electrons. The summed E-state index contributed by atoms with van der Waals surface area (Å²) in [6, 6.07) is 21.8. The summed E-state index contributed by atoms with van der Waals surface area (Å²) < 4.78 is 15.1. The van der Waals surface area contributed by atoms with E-state index in [0.717, 1.165) is 63.1 Å². The van der Waals surface area contributed by atoms with Gasteiger partial charge < -0.3 is 30.2 Å². The van der Waals surface area contributed by atoms with Crippen LogP contribution in [0.1, 0.15) is 71.3 Å². The van der Waals surface area contributed by atoms with Crippen molar-refractivity contribution in [1.29, 1.82) is 0 Å². The highest BCUT2D eigenvalue weighted by molar-refractivity contribution is 6.03. The monoisotopic (exact) mass is 912 g/mol. The van der Waals surface area contributed by atoms with E-state index in [2.05, 4.69) is 54.7 Å².